The molecule has 6 nitrogen and oxygen atoms in total. The third-order valence-corrected chi connectivity index (χ3v) is 8.15. The van der Waals surface area contributed by atoms with Crippen molar-refractivity contribution in [3.8, 4) is 0 Å². The molecule has 0 aromatic heterocycles. The molecule has 0 saturated heterocycles. The Kier molecular flexibility index (Phi) is 5.67. The van der Waals surface area contributed by atoms with Crippen molar-refractivity contribution in [2.45, 2.75) is 38.0 Å². The van der Waals surface area contributed by atoms with E-state index in [9.17, 15) is 21.2 Å². The molecule has 2 aromatic rings. The molecule has 0 spiro atoms. The van der Waals surface area contributed by atoms with Crippen molar-refractivity contribution in [1.82, 2.24) is 0 Å². The van der Waals surface area contributed by atoms with Gasteiger partial charge in [-0.25, -0.2) is 21.2 Å². The van der Waals surface area contributed by atoms with Gasteiger partial charge in [-0.1, -0.05) is 13.0 Å². The Morgan fingerprint density at radius 2 is 1.86 bits per heavy atom. The summed E-state index contributed by atoms with van der Waals surface area (Å²) in [5, 5.41) is 0. The van der Waals surface area contributed by atoms with E-state index >= 15 is 0 Å². The maximum absolute atomic E-state index is 13.3. The van der Waals surface area contributed by atoms with E-state index in [-0.39, 0.29) is 21.9 Å². The fraction of sp³-hybridized carbons (Fsp3) is 0.368. The summed E-state index contributed by atoms with van der Waals surface area (Å²) in [4.78, 5) is -0.0259. The lowest BCUT2D eigenvalue weighted by atomic mass is 10.0. The Labute approximate surface area is 165 Å². The van der Waals surface area contributed by atoms with E-state index < -0.39 is 25.9 Å². The number of rotatable bonds is 6. The summed E-state index contributed by atoms with van der Waals surface area (Å²) >= 11 is 0. The maximum atomic E-state index is 13.3. The first-order valence-corrected chi connectivity index (χ1v) is 12.2. The van der Waals surface area contributed by atoms with Gasteiger partial charge in [0.1, 0.15) is 5.82 Å². The summed E-state index contributed by atoms with van der Waals surface area (Å²) in [6.07, 6.45) is 1.96. The number of sulfonamides is 2. The summed E-state index contributed by atoms with van der Waals surface area (Å²) in [5.74, 6) is -0.473. The van der Waals surface area contributed by atoms with Gasteiger partial charge in [0.15, 0.2) is 0 Å². The highest BCUT2D eigenvalue weighted by Gasteiger charge is 2.27. The summed E-state index contributed by atoms with van der Waals surface area (Å²) in [5.41, 5.74) is 1.93. The van der Waals surface area contributed by atoms with Crippen LogP contribution in [-0.4, -0.2) is 29.1 Å². The zero-order valence-corrected chi connectivity index (χ0v) is 17.4. The SMILES string of the molecule is CCCS(=O)(=O)N1CCCc2ccc(NS(=O)(=O)c3ccc(F)cc3C)cc21. The average molecular weight is 427 g/mol. The predicted octanol–water partition coefficient (Wildman–Crippen LogP) is 3.43. The number of halogens is 1. The molecule has 0 fully saturated rings. The molecule has 152 valence electrons. The molecule has 2 aromatic carbocycles. The molecule has 1 N–H and O–H groups in total. The number of hydrogen-bond acceptors (Lipinski definition) is 4. The van der Waals surface area contributed by atoms with Crippen LogP contribution >= 0.6 is 0 Å². The van der Waals surface area contributed by atoms with Crippen molar-refractivity contribution in [3.63, 3.8) is 0 Å². The lowest BCUT2D eigenvalue weighted by Crippen LogP contribution is -2.37. The van der Waals surface area contributed by atoms with Gasteiger partial charge in [0, 0.05) is 6.54 Å². The minimum atomic E-state index is -3.94. The Morgan fingerprint density at radius 3 is 2.54 bits per heavy atom. The molecule has 1 heterocycles. The van der Waals surface area contributed by atoms with Gasteiger partial charge in [-0.15, -0.1) is 0 Å². The van der Waals surface area contributed by atoms with Gasteiger partial charge in [0.05, 0.1) is 22.0 Å². The molecule has 1 aliphatic rings. The lowest BCUT2D eigenvalue weighted by molar-refractivity contribution is 0.585. The van der Waals surface area contributed by atoms with Crippen molar-refractivity contribution >= 4 is 31.4 Å². The summed E-state index contributed by atoms with van der Waals surface area (Å²) < 4.78 is 67.8. The molecular formula is C19H23FN2O4S2. The Hall–Kier alpha value is -2.13. The Morgan fingerprint density at radius 1 is 1.11 bits per heavy atom. The van der Waals surface area contributed by atoms with Crippen molar-refractivity contribution in [2.24, 2.45) is 0 Å². The highest BCUT2D eigenvalue weighted by molar-refractivity contribution is 7.93. The second-order valence-corrected chi connectivity index (χ2v) is 10.5. The molecule has 0 atom stereocenters. The maximum Gasteiger partial charge on any atom is 0.262 e. The van der Waals surface area contributed by atoms with Crippen LogP contribution in [0.4, 0.5) is 15.8 Å². The smallest absolute Gasteiger partial charge is 0.262 e. The van der Waals surface area contributed by atoms with Gasteiger partial charge in [-0.05, 0) is 67.6 Å². The highest BCUT2D eigenvalue weighted by atomic mass is 32.2. The predicted molar refractivity (Wildman–Crippen MR) is 108 cm³/mol. The van der Waals surface area contributed by atoms with Crippen LogP contribution in [0.5, 0.6) is 0 Å². The van der Waals surface area contributed by atoms with E-state index in [2.05, 4.69) is 4.72 Å². The van der Waals surface area contributed by atoms with E-state index in [1.54, 1.807) is 25.1 Å². The van der Waals surface area contributed by atoms with Gasteiger partial charge in [0.25, 0.3) is 10.0 Å². The fourth-order valence-corrected chi connectivity index (χ4v) is 6.28. The molecule has 0 saturated carbocycles. The standard InChI is InChI=1S/C19H23FN2O4S2/c1-3-11-27(23,24)22-10-4-5-15-6-8-17(13-18(15)22)21-28(25,26)19-9-7-16(20)12-14(19)2/h6-9,12-13,21H,3-5,10-11H2,1-2H3. The fourth-order valence-electron chi connectivity index (χ4n) is 3.39. The monoisotopic (exact) mass is 426 g/mol. The summed E-state index contributed by atoms with van der Waals surface area (Å²) in [6.45, 7) is 3.70. The molecule has 9 heteroatoms. The largest absolute Gasteiger partial charge is 0.280 e. The van der Waals surface area contributed by atoms with Gasteiger partial charge in [0.2, 0.25) is 10.0 Å². The quantitative estimate of drug-likeness (QED) is 0.767. The number of benzene rings is 2. The van der Waals surface area contributed by atoms with Crippen LogP contribution in [-0.2, 0) is 26.5 Å². The molecule has 0 unspecified atom stereocenters. The van der Waals surface area contributed by atoms with Crippen LogP contribution < -0.4 is 9.03 Å². The number of anilines is 2. The number of nitrogens with one attached hydrogen (secondary N) is 1. The molecule has 1 aliphatic heterocycles. The minimum Gasteiger partial charge on any atom is -0.280 e. The highest BCUT2D eigenvalue weighted by Crippen LogP contribution is 2.33. The van der Waals surface area contributed by atoms with Crippen LogP contribution in [0.2, 0.25) is 0 Å². The van der Waals surface area contributed by atoms with Crippen LogP contribution in [0.3, 0.4) is 0 Å². The zero-order valence-electron chi connectivity index (χ0n) is 15.8. The molecular weight excluding hydrogens is 403 g/mol. The summed E-state index contributed by atoms with van der Waals surface area (Å²) in [6, 6.07) is 8.37. The summed E-state index contributed by atoms with van der Waals surface area (Å²) in [7, 11) is -7.39. The van der Waals surface area contributed by atoms with Crippen molar-refractivity contribution < 1.29 is 21.2 Å². The number of hydrogen-bond donors (Lipinski definition) is 1. The first-order valence-electron chi connectivity index (χ1n) is 9.06. The van der Waals surface area contributed by atoms with Crippen molar-refractivity contribution in [1.29, 1.82) is 0 Å². The second-order valence-electron chi connectivity index (χ2n) is 6.85. The zero-order chi connectivity index (χ0) is 20.5. The van der Waals surface area contributed by atoms with Gasteiger partial charge in [-0.2, -0.15) is 0 Å². The molecule has 0 bridgehead atoms. The van der Waals surface area contributed by atoms with Gasteiger partial charge in [-0.3, -0.25) is 9.03 Å². The molecule has 0 aliphatic carbocycles. The van der Waals surface area contributed by atoms with Crippen LogP contribution in [0.1, 0.15) is 30.9 Å². The molecule has 0 radical (unpaired) electrons. The third kappa shape index (κ3) is 4.15. The average Bonchev–Trinajstić information content (AvgIpc) is 2.60. The molecule has 3 rings (SSSR count). The normalized spacial score (nSPS) is 14.6. The minimum absolute atomic E-state index is 0.0259. The van der Waals surface area contributed by atoms with E-state index in [0.29, 0.717) is 18.7 Å². The van der Waals surface area contributed by atoms with E-state index in [4.69, 9.17) is 0 Å². The third-order valence-electron chi connectivity index (χ3n) is 4.64. The lowest BCUT2D eigenvalue weighted by Gasteiger charge is -2.31. The Bertz CT molecular complexity index is 1100. The van der Waals surface area contributed by atoms with Crippen LogP contribution in [0.25, 0.3) is 0 Å². The first-order chi connectivity index (χ1) is 13.1. The van der Waals surface area contributed by atoms with Crippen molar-refractivity contribution in [2.75, 3.05) is 21.3 Å². The number of fused-ring (bicyclic) bond motifs is 1. The second kappa shape index (κ2) is 7.71. The van der Waals surface area contributed by atoms with Crippen molar-refractivity contribution in [3.05, 3.63) is 53.3 Å². The topological polar surface area (TPSA) is 83.6 Å². The Balaban J connectivity index is 1.97. The number of aryl methyl sites for hydroxylation is 2. The van der Waals surface area contributed by atoms with Gasteiger partial charge < -0.3 is 0 Å². The first kappa shape index (κ1) is 20.6. The molecule has 28 heavy (non-hydrogen) atoms. The number of nitrogens with zero attached hydrogens (tertiary/aromatic N) is 1. The van der Waals surface area contributed by atoms with E-state index in [1.807, 2.05) is 0 Å². The van der Waals surface area contributed by atoms with Gasteiger partial charge >= 0.3 is 0 Å². The van der Waals surface area contributed by atoms with Crippen LogP contribution in [0, 0.1) is 12.7 Å². The van der Waals surface area contributed by atoms with Crippen LogP contribution in [0.15, 0.2) is 41.3 Å². The molecule has 0 amide bonds. The van der Waals surface area contributed by atoms with E-state index in [1.165, 1.54) is 17.3 Å². The van der Waals surface area contributed by atoms with E-state index in [0.717, 1.165) is 30.5 Å².